The normalized spacial score (nSPS) is 26.9. The summed E-state index contributed by atoms with van der Waals surface area (Å²) in [7, 11) is 0. The fourth-order valence-corrected chi connectivity index (χ4v) is 3.25. The molecule has 114 valence electrons. The van der Waals surface area contributed by atoms with Gasteiger partial charge in [-0.1, -0.05) is 0 Å². The van der Waals surface area contributed by atoms with E-state index in [0.717, 1.165) is 0 Å². The molecular weight excluding hydrogens is 295 g/mol. The lowest BCUT2D eigenvalue weighted by molar-refractivity contribution is -0.154. The number of hydrogen-bond donors (Lipinski definition) is 0. The molecule has 0 radical (unpaired) electrons. The van der Waals surface area contributed by atoms with Gasteiger partial charge < -0.3 is 4.90 Å². The fourth-order valence-electron chi connectivity index (χ4n) is 3.25. The summed E-state index contributed by atoms with van der Waals surface area (Å²) in [4.78, 5) is 18.5. The van der Waals surface area contributed by atoms with Gasteiger partial charge in [0.2, 0.25) is 5.95 Å². The fraction of sp³-hybridized carbons (Fsp3) is 0.429. The highest BCUT2D eigenvalue weighted by Gasteiger charge is 2.67. The van der Waals surface area contributed by atoms with Crippen LogP contribution in [0.2, 0.25) is 0 Å². The van der Waals surface area contributed by atoms with E-state index in [4.69, 9.17) is 0 Å². The number of halogens is 3. The van der Waals surface area contributed by atoms with Crippen LogP contribution in [0.25, 0.3) is 11.4 Å². The van der Waals surface area contributed by atoms with Gasteiger partial charge in [0.05, 0.1) is 17.8 Å². The SMILES string of the molecule is FC(F)(F)C1[C@H]2CN(c3nccc(-c4cnccn4)n3)C[C@@H]12. The minimum atomic E-state index is -4.08. The van der Waals surface area contributed by atoms with E-state index in [-0.39, 0.29) is 11.8 Å². The summed E-state index contributed by atoms with van der Waals surface area (Å²) in [6.07, 6.45) is 2.24. The van der Waals surface area contributed by atoms with E-state index < -0.39 is 12.1 Å². The van der Waals surface area contributed by atoms with Crippen molar-refractivity contribution in [2.75, 3.05) is 18.0 Å². The molecule has 1 aliphatic heterocycles. The van der Waals surface area contributed by atoms with Gasteiger partial charge in [0, 0.05) is 31.7 Å². The molecule has 1 saturated heterocycles. The van der Waals surface area contributed by atoms with Crippen molar-refractivity contribution in [1.82, 2.24) is 19.9 Å². The summed E-state index contributed by atoms with van der Waals surface area (Å²) >= 11 is 0. The summed E-state index contributed by atoms with van der Waals surface area (Å²) in [6.45, 7) is 0.720. The molecule has 0 bridgehead atoms. The molecule has 0 N–H and O–H groups in total. The van der Waals surface area contributed by atoms with Gasteiger partial charge in [0.15, 0.2) is 0 Å². The summed E-state index contributed by atoms with van der Waals surface area (Å²) in [5.41, 5.74) is 1.23. The van der Waals surface area contributed by atoms with Crippen LogP contribution in [0.1, 0.15) is 0 Å². The second-order valence-electron chi connectivity index (χ2n) is 5.63. The monoisotopic (exact) mass is 307 g/mol. The second-order valence-corrected chi connectivity index (χ2v) is 5.63. The third-order valence-corrected chi connectivity index (χ3v) is 4.32. The van der Waals surface area contributed by atoms with Crippen LogP contribution < -0.4 is 4.90 Å². The third kappa shape index (κ3) is 2.18. The largest absolute Gasteiger partial charge is 0.392 e. The van der Waals surface area contributed by atoms with E-state index in [1.165, 1.54) is 0 Å². The van der Waals surface area contributed by atoms with Crippen LogP contribution in [0, 0.1) is 17.8 Å². The first kappa shape index (κ1) is 13.4. The Morgan fingerprint density at radius 3 is 2.41 bits per heavy atom. The lowest BCUT2D eigenvalue weighted by atomic mass is 10.2. The van der Waals surface area contributed by atoms with Crippen molar-refractivity contribution in [2.24, 2.45) is 17.8 Å². The molecule has 3 atom stereocenters. The number of piperidine rings is 1. The zero-order chi connectivity index (χ0) is 15.3. The maximum absolute atomic E-state index is 12.7. The van der Waals surface area contributed by atoms with Crippen molar-refractivity contribution in [1.29, 1.82) is 0 Å². The van der Waals surface area contributed by atoms with Crippen molar-refractivity contribution >= 4 is 5.95 Å². The molecule has 4 rings (SSSR count). The van der Waals surface area contributed by atoms with Gasteiger partial charge in [-0.25, -0.2) is 9.97 Å². The molecule has 0 spiro atoms. The maximum Gasteiger partial charge on any atom is 0.392 e. The predicted octanol–water partition coefficient (Wildman–Crippen LogP) is 2.18. The molecule has 8 heteroatoms. The Bertz CT molecular complexity index is 678. The number of anilines is 1. The average Bonchev–Trinajstić information content (AvgIpc) is 3.06. The Balaban J connectivity index is 1.52. The molecule has 0 aromatic carbocycles. The van der Waals surface area contributed by atoms with Gasteiger partial charge in [-0.3, -0.25) is 9.97 Å². The number of alkyl halides is 3. The zero-order valence-electron chi connectivity index (χ0n) is 11.4. The molecule has 1 aliphatic carbocycles. The summed E-state index contributed by atoms with van der Waals surface area (Å²) in [6, 6.07) is 1.71. The number of aromatic nitrogens is 4. The molecule has 0 amide bonds. The van der Waals surface area contributed by atoms with E-state index in [9.17, 15) is 13.2 Å². The Morgan fingerprint density at radius 1 is 1.00 bits per heavy atom. The molecule has 22 heavy (non-hydrogen) atoms. The van der Waals surface area contributed by atoms with Crippen LogP contribution >= 0.6 is 0 Å². The topological polar surface area (TPSA) is 54.8 Å². The van der Waals surface area contributed by atoms with Crippen molar-refractivity contribution in [2.45, 2.75) is 6.18 Å². The van der Waals surface area contributed by atoms with E-state index in [1.807, 2.05) is 4.90 Å². The van der Waals surface area contributed by atoms with E-state index in [1.54, 1.807) is 30.9 Å². The first-order valence-corrected chi connectivity index (χ1v) is 6.95. The predicted molar refractivity (Wildman–Crippen MR) is 71.8 cm³/mol. The van der Waals surface area contributed by atoms with E-state index in [0.29, 0.717) is 30.4 Å². The average molecular weight is 307 g/mol. The Labute approximate surface area is 124 Å². The molecule has 2 aromatic heterocycles. The number of rotatable bonds is 2. The van der Waals surface area contributed by atoms with Crippen LogP contribution in [-0.2, 0) is 0 Å². The maximum atomic E-state index is 12.7. The second kappa shape index (κ2) is 4.62. The molecule has 1 saturated carbocycles. The minimum absolute atomic E-state index is 0.316. The standard InChI is InChI=1S/C14H12F3N5/c15-14(16,17)12-8-6-22(7-9(8)12)13-20-2-1-10(21-13)11-5-18-3-4-19-11/h1-5,8-9,12H,6-7H2/t8-,9+,12?. The van der Waals surface area contributed by atoms with E-state index in [2.05, 4.69) is 19.9 Å². The first-order chi connectivity index (χ1) is 10.5. The van der Waals surface area contributed by atoms with Gasteiger partial charge in [0.25, 0.3) is 0 Å². The summed E-state index contributed by atoms with van der Waals surface area (Å²) in [5.74, 6) is -1.32. The lowest BCUT2D eigenvalue weighted by Crippen LogP contribution is -2.29. The summed E-state index contributed by atoms with van der Waals surface area (Å²) in [5, 5.41) is 0. The van der Waals surface area contributed by atoms with Crippen LogP contribution in [0.4, 0.5) is 19.1 Å². The van der Waals surface area contributed by atoms with Gasteiger partial charge in [0.1, 0.15) is 5.69 Å². The molecule has 2 aromatic rings. The van der Waals surface area contributed by atoms with Crippen molar-refractivity contribution < 1.29 is 13.2 Å². The lowest BCUT2D eigenvalue weighted by Gasteiger charge is -2.20. The highest BCUT2D eigenvalue weighted by atomic mass is 19.4. The van der Waals surface area contributed by atoms with Crippen molar-refractivity contribution in [3.63, 3.8) is 0 Å². The van der Waals surface area contributed by atoms with Crippen LogP contribution in [0.15, 0.2) is 30.9 Å². The minimum Gasteiger partial charge on any atom is -0.340 e. The van der Waals surface area contributed by atoms with Gasteiger partial charge in [-0.2, -0.15) is 13.2 Å². The molecule has 2 fully saturated rings. The van der Waals surface area contributed by atoms with Crippen molar-refractivity contribution in [3.05, 3.63) is 30.9 Å². The molecular formula is C14H12F3N5. The van der Waals surface area contributed by atoms with E-state index >= 15 is 0 Å². The summed E-state index contributed by atoms with van der Waals surface area (Å²) < 4.78 is 38.1. The Morgan fingerprint density at radius 2 is 1.77 bits per heavy atom. The molecule has 1 unspecified atom stereocenters. The number of nitrogens with zero attached hydrogens (tertiary/aromatic N) is 5. The highest BCUT2D eigenvalue weighted by molar-refractivity contribution is 5.54. The van der Waals surface area contributed by atoms with Crippen LogP contribution in [0.5, 0.6) is 0 Å². The number of hydrogen-bond acceptors (Lipinski definition) is 5. The Hall–Kier alpha value is -2.25. The van der Waals surface area contributed by atoms with Gasteiger partial charge in [-0.05, 0) is 17.9 Å². The Kier molecular flexibility index (Phi) is 2.82. The number of fused-ring (bicyclic) bond motifs is 1. The van der Waals surface area contributed by atoms with Crippen LogP contribution in [0.3, 0.4) is 0 Å². The quantitative estimate of drug-likeness (QED) is 0.851. The van der Waals surface area contributed by atoms with Gasteiger partial charge in [-0.15, -0.1) is 0 Å². The molecule has 3 heterocycles. The molecule has 2 aliphatic rings. The third-order valence-electron chi connectivity index (χ3n) is 4.32. The van der Waals surface area contributed by atoms with Crippen LogP contribution in [-0.4, -0.2) is 39.2 Å². The smallest absolute Gasteiger partial charge is 0.340 e. The van der Waals surface area contributed by atoms with Gasteiger partial charge >= 0.3 is 6.18 Å². The molecule has 5 nitrogen and oxygen atoms in total. The first-order valence-electron chi connectivity index (χ1n) is 6.95. The zero-order valence-corrected chi connectivity index (χ0v) is 11.4. The highest BCUT2D eigenvalue weighted by Crippen LogP contribution is 2.59. The van der Waals surface area contributed by atoms with Crippen molar-refractivity contribution in [3.8, 4) is 11.4 Å².